The first-order valence-corrected chi connectivity index (χ1v) is 10.9. The van der Waals surface area contributed by atoms with E-state index in [9.17, 15) is 13.2 Å². The number of anilines is 1. The molecule has 0 aliphatic rings. The van der Waals surface area contributed by atoms with Crippen molar-refractivity contribution in [3.05, 3.63) is 54.1 Å². The zero-order valence-electron chi connectivity index (χ0n) is 16.2. The first-order valence-electron chi connectivity index (χ1n) is 8.68. The first kappa shape index (κ1) is 21.3. The fourth-order valence-electron chi connectivity index (χ4n) is 2.63. The highest BCUT2D eigenvalue weighted by atomic mass is 32.2. The van der Waals surface area contributed by atoms with E-state index in [-0.39, 0.29) is 22.9 Å². The Morgan fingerprint density at radius 1 is 1.14 bits per heavy atom. The molecule has 1 aromatic heterocycles. The second kappa shape index (κ2) is 8.97. The lowest BCUT2D eigenvalue weighted by atomic mass is 10.2. The molecule has 0 unspecified atom stereocenters. The molecule has 0 bridgehead atoms. The molecule has 0 fully saturated rings. The van der Waals surface area contributed by atoms with Gasteiger partial charge in [0, 0.05) is 19.7 Å². The largest absolute Gasteiger partial charge is 0.383 e. The van der Waals surface area contributed by atoms with E-state index in [2.05, 4.69) is 4.98 Å². The maximum absolute atomic E-state index is 13.2. The lowest BCUT2D eigenvalue weighted by molar-refractivity contribution is -0.0258. The summed E-state index contributed by atoms with van der Waals surface area (Å²) in [6.45, 7) is 0.593. The number of carbonyl (C=O) groups excluding carboxylic acids is 1. The highest BCUT2D eigenvalue weighted by molar-refractivity contribution is 7.89. The molecule has 0 aliphatic heterocycles. The molecule has 29 heavy (non-hydrogen) atoms. The molecule has 0 N–H and O–H groups in total. The Hall–Kier alpha value is -2.37. The molecule has 3 aromatic rings. The number of benzene rings is 2. The quantitative estimate of drug-likeness (QED) is 0.506. The van der Waals surface area contributed by atoms with Crippen LogP contribution in [0, 0.1) is 0 Å². The number of ether oxygens (including phenoxy) is 1. The summed E-state index contributed by atoms with van der Waals surface area (Å²) in [4.78, 5) is 24.1. The van der Waals surface area contributed by atoms with E-state index in [0.29, 0.717) is 11.7 Å². The number of hydrogen-bond acceptors (Lipinski definition) is 7. The van der Waals surface area contributed by atoms with E-state index in [1.54, 1.807) is 13.2 Å². The van der Waals surface area contributed by atoms with Gasteiger partial charge < -0.3 is 4.74 Å². The Labute approximate surface area is 173 Å². The zero-order chi connectivity index (χ0) is 21.0. The maximum Gasteiger partial charge on any atom is 0.264 e. The van der Waals surface area contributed by atoms with Crippen LogP contribution in [-0.4, -0.2) is 58.2 Å². The van der Waals surface area contributed by atoms with Crippen molar-refractivity contribution in [2.75, 3.05) is 39.3 Å². The summed E-state index contributed by atoms with van der Waals surface area (Å²) >= 11 is 1.39. The minimum atomic E-state index is -3.87. The summed E-state index contributed by atoms with van der Waals surface area (Å²) in [6, 6.07) is 13.4. The fraction of sp³-hybridized carbons (Fsp3) is 0.263. The van der Waals surface area contributed by atoms with Crippen LogP contribution in [0.4, 0.5) is 5.13 Å². The number of aromatic nitrogens is 1. The van der Waals surface area contributed by atoms with Gasteiger partial charge in [0.05, 0.1) is 35.4 Å². The molecule has 1 heterocycles. The molecule has 154 valence electrons. The summed E-state index contributed by atoms with van der Waals surface area (Å²) < 4.78 is 31.9. The Balaban J connectivity index is 1.99. The third kappa shape index (κ3) is 4.46. The Kier molecular flexibility index (Phi) is 6.60. The average Bonchev–Trinajstić information content (AvgIpc) is 3.17. The molecule has 0 aliphatic carbocycles. The van der Waals surface area contributed by atoms with Crippen molar-refractivity contribution in [1.29, 1.82) is 0 Å². The summed E-state index contributed by atoms with van der Waals surface area (Å²) in [5, 5.41) is 0.524. The number of methoxy groups -OCH3 is 1. The van der Waals surface area contributed by atoms with E-state index in [1.807, 2.05) is 24.3 Å². The first-order chi connectivity index (χ1) is 13.9. The number of para-hydroxylation sites is 1. The Bertz CT molecular complexity index is 1080. The standard InChI is InChI=1S/C19H21N3O5S2/c1-21(27-3)29(24,25)15-8-6-7-14(13-15)18(23)22(11-12-26-2)19-20-16-9-4-5-10-17(16)28-19/h4-10,13H,11-12H2,1-3H3. The molecule has 10 heteroatoms. The van der Waals surface area contributed by atoms with E-state index in [0.717, 1.165) is 14.7 Å². The Morgan fingerprint density at radius 3 is 2.59 bits per heavy atom. The van der Waals surface area contributed by atoms with Gasteiger partial charge in [0.1, 0.15) is 0 Å². The molecule has 0 atom stereocenters. The minimum Gasteiger partial charge on any atom is -0.383 e. The van der Waals surface area contributed by atoms with Gasteiger partial charge in [-0.25, -0.2) is 13.4 Å². The van der Waals surface area contributed by atoms with Crippen LogP contribution in [0.25, 0.3) is 10.2 Å². The average molecular weight is 436 g/mol. The number of thiazole rings is 1. The zero-order valence-corrected chi connectivity index (χ0v) is 17.9. The van der Waals surface area contributed by atoms with Crippen LogP contribution in [0.1, 0.15) is 10.4 Å². The summed E-state index contributed by atoms with van der Waals surface area (Å²) in [7, 11) is 0.224. The lowest BCUT2D eigenvalue weighted by Crippen LogP contribution is -2.34. The van der Waals surface area contributed by atoms with Gasteiger partial charge in [0.2, 0.25) is 0 Å². The highest BCUT2D eigenvalue weighted by Gasteiger charge is 2.25. The molecule has 0 spiro atoms. The molecule has 0 saturated carbocycles. The molecule has 3 rings (SSSR count). The van der Waals surface area contributed by atoms with Crippen molar-refractivity contribution in [3.8, 4) is 0 Å². The highest BCUT2D eigenvalue weighted by Crippen LogP contribution is 2.29. The predicted molar refractivity (Wildman–Crippen MR) is 112 cm³/mol. The van der Waals surface area contributed by atoms with E-state index in [4.69, 9.17) is 9.57 Å². The summed E-state index contributed by atoms with van der Waals surface area (Å²) in [5.41, 5.74) is 1.02. The minimum absolute atomic E-state index is 0.0382. The normalized spacial score (nSPS) is 11.9. The smallest absolute Gasteiger partial charge is 0.264 e. The van der Waals surface area contributed by atoms with Gasteiger partial charge in [-0.3, -0.25) is 14.5 Å². The van der Waals surface area contributed by atoms with Gasteiger partial charge in [-0.15, -0.1) is 0 Å². The van der Waals surface area contributed by atoms with Gasteiger partial charge in [-0.05, 0) is 30.3 Å². The number of rotatable bonds is 8. The van der Waals surface area contributed by atoms with Crippen molar-refractivity contribution < 1.29 is 22.8 Å². The van der Waals surface area contributed by atoms with Crippen LogP contribution in [0.3, 0.4) is 0 Å². The summed E-state index contributed by atoms with van der Waals surface area (Å²) in [6.07, 6.45) is 0. The van der Waals surface area contributed by atoms with Crippen molar-refractivity contribution in [2.45, 2.75) is 4.90 Å². The molecule has 0 saturated heterocycles. The predicted octanol–water partition coefficient (Wildman–Crippen LogP) is 2.77. The SMILES string of the molecule is COCCN(C(=O)c1cccc(S(=O)(=O)N(C)OC)c1)c1nc2ccccc2s1. The molecule has 0 radical (unpaired) electrons. The van der Waals surface area contributed by atoms with E-state index in [1.165, 1.54) is 48.6 Å². The number of sulfonamides is 1. The van der Waals surface area contributed by atoms with Crippen LogP contribution >= 0.6 is 11.3 Å². The van der Waals surface area contributed by atoms with Crippen LogP contribution in [0.2, 0.25) is 0 Å². The van der Waals surface area contributed by atoms with Crippen LogP contribution < -0.4 is 4.90 Å². The van der Waals surface area contributed by atoms with Crippen LogP contribution in [-0.2, 0) is 19.6 Å². The van der Waals surface area contributed by atoms with E-state index < -0.39 is 10.0 Å². The number of fused-ring (bicyclic) bond motifs is 1. The van der Waals surface area contributed by atoms with Crippen LogP contribution in [0.15, 0.2) is 53.4 Å². The fourth-order valence-corrected chi connectivity index (χ4v) is 4.64. The third-order valence-electron chi connectivity index (χ3n) is 4.25. The van der Waals surface area contributed by atoms with Crippen molar-refractivity contribution in [2.24, 2.45) is 0 Å². The van der Waals surface area contributed by atoms with Gasteiger partial charge in [-0.2, -0.15) is 0 Å². The maximum atomic E-state index is 13.2. The van der Waals surface area contributed by atoms with Gasteiger partial charge in [0.15, 0.2) is 5.13 Å². The van der Waals surface area contributed by atoms with Crippen molar-refractivity contribution >= 4 is 42.6 Å². The van der Waals surface area contributed by atoms with Gasteiger partial charge in [0.25, 0.3) is 15.9 Å². The Morgan fingerprint density at radius 2 is 1.90 bits per heavy atom. The van der Waals surface area contributed by atoms with Gasteiger partial charge >= 0.3 is 0 Å². The van der Waals surface area contributed by atoms with Gasteiger partial charge in [-0.1, -0.05) is 34.0 Å². The molecule has 8 nitrogen and oxygen atoms in total. The van der Waals surface area contributed by atoms with Crippen molar-refractivity contribution in [1.82, 2.24) is 9.45 Å². The monoisotopic (exact) mass is 435 g/mol. The molecular weight excluding hydrogens is 414 g/mol. The number of nitrogens with zero attached hydrogens (tertiary/aromatic N) is 3. The second-order valence-electron chi connectivity index (χ2n) is 6.04. The molecule has 1 amide bonds. The van der Waals surface area contributed by atoms with Crippen LogP contribution in [0.5, 0.6) is 0 Å². The summed E-state index contributed by atoms with van der Waals surface area (Å²) in [5.74, 6) is -0.363. The lowest BCUT2D eigenvalue weighted by Gasteiger charge is -2.20. The van der Waals surface area contributed by atoms with Crippen molar-refractivity contribution in [3.63, 3.8) is 0 Å². The number of carbonyl (C=O) groups is 1. The molecule has 2 aromatic carbocycles. The number of hydroxylamine groups is 1. The topological polar surface area (TPSA) is 89.0 Å². The number of amides is 1. The second-order valence-corrected chi connectivity index (χ2v) is 8.98. The third-order valence-corrected chi connectivity index (χ3v) is 6.99. The molecular formula is C19H21N3O5S2. The van der Waals surface area contributed by atoms with E-state index >= 15 is 0 Å². The number of hydrogen-bond donors (Lipinski definition) is 0.